The van der Waals surface area contributed by atoms with E-state index in [2.05, 4.69) is 39.5 Å². The number of hydrogen-bond acceptors (Lipinski definition) is 0. The molecule has 0 fully saturated rings. The third-order valence-corrected chi connectivity index (χ3v) is 0.648. The van der Waals surface area contributed by atoms with E-state index in [0.717, 1.165) is 0 Å². The van der Waals surface area contributed by atoms with Gasteiger partial charge in [-0.2, -0.15) is 0 Å². The summed E-state index contributed by atoms with van der Waals surface area (Å²) in [6.45, 7) is 9.76. The van der Waals surface area contributed by atoms with E-state index in [1.54, 1.807) is 12.2 Å². The van der Waals surface area contributed by atoms with Gasteiger partial charge < -0.3 is 0 Å². The van der Waals surface area contributed by atoms with Crippen LogP contribution in [0.25, 0.3) is 0 Å². The van der Waals surface area contributed by atoms with Crippen LogP contribution in [-0.2, 0) is 0 Å². The maximum absolute atomic E-state index is 3.52. The monoisotopic (exact) mass is 121 g/mol. The maximum Gasteiger partial charge on any atom is 0.0233 e. The number of allylic oxidation sites excluding steroid dienone is 2. The second kappa shape index (κ2) is 3.35. The molecular weight excluding hydrogens is 108 g/mol. The summed E-state index contributed by atoms with van der Waals surface area (Å²) in [4.78, 5) is 0. The summed E-state index contributed by atoms with van der Waals surface area (Å²) in [6, 6.07) is 0. The first kappa shape index (κ1) is 8.30. The third-order valence-electron chi connectivity index (χ3n) is 0.648. The van der Waals surface area contributed by atoms with Crippen LogP contribution >= 0.6 is 0 Å². The van der Waals surface area contributed by atoms with E-state index in [-0.39, 0.29) is 5.41 Å². The highest BCUT2D eigenvalue weighted by Gasteiger charge is 2.01. The van der Waals surface area contributed by atoms with Gasteiger partial charge in [0.15, 0.2) is 0 Å². The van der Waals surface area contributed by atoms with Crippen molar-refractivity contribution >= 4 is 0 Å². The van der Waals surface area contributed by atoms with Crippen LogP contribution in [-0.4, -0.2) is 0 Å². The minimum Gasteiger partial charge on any atom is -0.0926 e. The zero-order valence-electron chi connectivity index (χ0n) is 6.36. The van der Waals surface area contributed by atoms with Crippen LogP contribution in [0.3, 0.4) is 0 Å². The fraction of sp³-hybridized carbons (Fsp3) is 0.444. The van der Waals surface area contributed by atoms with E-state index < -0.39 is 0 Å². The van der Waals surface area contributed by atoms with Crippen molar-refractivity contribution in [3.8, 4) is 11.8 Å². The van der Waals surface area contributed by atoms with E-state index in [1.807, 2.05) is 0 Å². The Kier molecular flexibility index (Phi) is 3.09. The molecule has 0 aliphatic carbocycles. The summed E-state index contributed by atoms with van der Waals surface area (Å²) in [6.07, 6.45) is 3.45. The molecule has 1 radical (unpaired) electrons. The maximum atomic E-state index is 3.52. The molecule has 49 valence electrons. The lowest BCUT2D eigenvalue weighted by atomic mass is 9.98. The minimum atomic E-state index is 0.111. The lowest BCUT2D eigenvalue weighted by Crippen LogP contribution is -1.98. The van der Waals surface area contributed by atoms with Gasteiger partial charge in [0.2, 0.25) is 0 Å². The molecule has 0 unspecified atom stereocenters. The molecule has 0 saturated carbocycles. The van der Waals surface area contributed by atoms with Crippen LogP contribution in [0.2, 0.25) is 0 Å². The Morgan fingerprint density at radius 3 is 2.22 bits per heavy atom. The molecule has 9 heavy (non-hydrogen) atoms. The van der Waals surface area contributed by atoms with Gasteiger partial charge in [-0.1, -0.05) is 17.9 Å². The first-order chi connectivity index (χ1) is 4.06. The molecule has 0 heteroatoms. The van der Waals surface area contributed by atoms with E-state index in [9.17, 15) is 0 Å². The average Bonchev–Trinajstić information content (AvgIpc) is 1.63. The van der Waals surface area contributed by atoms with Crippen LogP contribution in [0.4, 0.5) is 0 Å². The summed E-state index contributed by atoms with van der Waals surface area (Å²) in [5, 5.41) is 0. The van der Waals surface area contributed by atoms with Crippen LogP contribution in [0, 0.1) is 24.2 Å². The van der Waals surface area contributed by atoms with E-state index >= 15 is 0 Å². The van der Waals surface area contributed by atoms with Crippen molar-refractivity contribution < 1.29 is 0 Å². The van der Waals surface area contributed by atoms with Crippen molar-refractivity contribution in [1.82, 2.24) is 0 Å². The number of hydrogen-bond donors (Lipinski definition) is 0. The standard InChI is InChI=1S/C9H13/c1-5-6-7-8-9(2,3)4/h5-6H,1H2,2-4H3. The molecular formula is C9H13. The smallest absolute Gasteiger partial charge is 0.0233 e. The second-order valence-electron chi connectivity index (χ2n) is 2.92. The summed E-state index contributed by atoms with van der Waals surface area (Å²) < 4.78 is 0. The lowest BCUT2D eigenvalue weighted by Gasteiger charge is -2.05. The SMILES string of the molecule is [CH2]C=CC#CC(C)(C)C. The van der Waals surface area contributed by atoms with Crippen LogP contribution in [0.5, 0.6) is 0 Å². The molecule has 0 nitrogen and oxygen atoms in total. The molecule has 0 aromatic heterocycles. The number of rotatable bonds is 0. The summed E-state index contributed by atoms with van der Waals surface area (Å²) in [5.74, 6) is 5.93. The molecule has 0 N–H and O–H groups in total. The van der Waals surface area contributed by atoms with Gasteiger partial charge in [-0.15, -0.1) is 0 Å². The molecule has 0 amide bonds. The van der Waals surface area contributed by atoms with Crippen molar-refractivity contribution in [1.29, 1.82) is 0 Å². The van der Waals surface area contributed by atoms with Gasteiger partial charge in [0.05, 0.1) is 0 Å². The van der Waals surface area contributed by atoms with Crippen LogP contribution < -0.4 is 0 Å². The van der Waals surface area contributed by atoms with Crippen molar-refractivity contribution in [2.24, 2.45) is 5.41 Å². The van der Waals surface area contributed by atoms with E-state index in [0.29, 0.717) is 0 Å². The highest BCUT2D eigenvalue weighted by Crippen LogP contribution is 2.09. The van der Waals surface area contributed by atoms with Gasteiger partial charge in [0.25, 0.3) is 0 Å². The van der Waals surface area contributed by atoms with Gasteiger partial charge in [-0.25, -0.2) is 0 Å². The lowest BCUT2D eigenvalue weighted by molar-refractivity contribution is 0.571. The first-order valence-corrected chi connectivity index (χ1v) is 3.03. The Morgan fingerprint density at radius 2 is 1.89 bits per heavy atom. The predicted molar refractivity (Wildman–Crippen MR) is 41.7 cm³/mol. The Balaban J connectivity index is 3.88. The molecule has 0 atom stereocenters. The van der Waals surface area contributed by atoms with E-state index in [4.69, 9.17) is 0 Å². The highest BCUT2D eigenvalue weighted by molar-refractivity contribution is 5.19. The molecule has 0 aromatic carbocycles. The van der Waals surface area contributed by atoms with Gasteiger partial charge >= 0.3 is 0 Å². The third kappa shape index (κ3) is 7.30. The molecule has 0 rings (SSSR count). The van der Waals surface area contributed by atoms with Gasteiger partial charge in [0.1, 0.15) is 0 Å². The Bertz CT molecular complexity index is 145. The molecule has 0 heterocycles. The fourth-order valence-electron chi connectivity index (χ4n) is 0.317. The predicted octanol–water partition coefficient (Wildman–Crippen LogP) is 2.43. The summed E-state index contributed by atoms with van der Waals surface area (Å²) in [5.41, 5.74) is 0.111. The van der Waals surface area contributed by atoms with Crippen LogP contribution in [0.15, 0.2) is 12.2 Å². The van der Waals surface area contributed by atoms with Crippen molar-refractivity contribution in [2.75, 3.05) is 0 Å². The molecule has 0 bridgehead atoms. The van der Waals surface area contributed by atoms with Crippen molar-refractivity contribution in [2.45, 2.75) is 20.8 Å². The quantitative estimate of drug-likeness (QED) is 0.432. The van der Waals surface area contributed by atoms with Gasteiger partial charge in [-0.05, 0) is 33.8 Å². The van der Waals surface area contributed by atoms with E-state index in [1.165, 1.54) is 0 Å². The Hall–Kier alpha value is -0.700. The van der Waals surface area contributed by atoms with Crippen molar-refractivity contribution in [3.63, 3.8) is 0 Å². The molecule has 0 aliphatic heterocycles. The van der Waals surface area contributed by atoms with Crippen LogP contribution in [0.1, 0.15) is 20.8 Å². The molecule has 0 aliphatic rings. The molecule has 0 spiro atoms. The highest BCUT2D eigenvalue weighted by atomic mass is 14.0. The fourth-order valence-corrected chi connectivity index (χ4v) is 0.317. The Morgan fingerprint density at radius 1 is 1.33 bits per heavy atom. The zero-order chi connectivity index (χ0) is 7.33. The van der Waals surface area contributed by atoms with Gasteiger partial charge in [-0.3, -0.25) is 0 Å². The molecule has 0 saturated heterocycles. The van der Waals surface area contributed by atoms with Gasteiger partial charge in [0, 0.05) is 5.41 Å². The molecule has 0 aromatic rings. The normalized spacial score (nSPS) is 11.1. The average molecular weight is 121 g/mol. The van der Waals surface area contributed by atoms with Crippen molar-refractivity contribution in [3.05, 3.63) is 19.1 Å². The minimum absolute atomic E-state index is 0.111. The summed E-state index contributed by atoms with van der Waals surface area (Å²) in [7, 11) is 0. The Labute approximate surface area is 58.0 Å². The summed E-state index contributed by atoms with van der Waals surface area (Å²) >= 11 is 0. The first-order valence-electron chi connectivity index (χ1n) is 3.03. The zero-order valence-corrected chi connectivity index (χ0v) is 6.36. The topological polar surface area (TPSA) is 0 Å². The second-order valence-corrected chi connectivity index (χ2v) is 2.92. The largest absolute Gasteiger partial charge is 0.0926 e.